The van der Waals surface area contributed by atoms with Gasteiger partial charge < -0.3 is 10.5 Å². The summed E-state index contributed by atoms with van der Waals surface area (Å²) in [5.41, 5.74) is 6.77. The highest BCUT2D eigenvalue weighted by Crippen LogP contribution is 2.25. The Kier molecular flexibility index (Phi) is 4.77. The molecule has 0 aliphatic rings. The first-order chi connectivity index (χ1) is 11.5. The van der Waals surface area contributed by atoms with Crippen LogP contribution in [-0.2, 0) is 9.53 Å². The first-order valence-electron chi connectivity index (χ1n) is 6.90. The van der Waals surface area contributed by atoms with Gasteiger partial charge in [0.05, 0.1) is 15.5 Å². The second-order valence-corrected chi connectivity index (χ2v) is 7.25. The number of hydrogen-bond acceptors (Lipinski definition) is 6. The summed E-state index contributed by atoms with van der Waals surface area (Å²) in [6, 6.07) is 10.6. The molecule has 8 heteroatoms. The van der Waals surface area contributed by atoms with Crippen LogP contribution >= 0.6 is 27.3 Å². The Labute approximate surface area is 149 Å². The fourth-order valence-electron chi connectivity index (χ4n) is 2.22. The molecule has 0 atom stereocenters. The molecule has 0 spiro atoms. The van der Waals surface area contributed by atoms with E-state index in [9.17, 15) is 9.59 Å². The lowest BCUT2D eigenvalue weighted by Crippen LogP contribution is -2.21. The quantitative estimate of drug-likeness (QED) is 0.512. The molecule has 2 aromatic carbocycles. The fourth-order valence-corrected chi connectivity index (χ4v) is 3.34. The number of esters is 1. The first kappa shape index (κ1) is 16.4. The van der Waals surface area contributed by atoms with Gasteiger partial charge in [0, 0.05) is 11.1 Å². The van der Waals surface area contributed by atoms with Gasteiger partial charge in [0.1, 0.15) is 0 Å². The van der Waals surface area contributed by atoms with E-state index in [2.05, 4.69) is 26.2 Å². The van der Waals surface area contributed by atoms with Crippen LogP contribution in [0.25, 0.3) is 10.8 Å². The number of nitrogen functional groups attached to an aromatic ring is 1. The minimum Gasteiger partial charge on any atom is -0.452 e. The van der Waals surface area contributed by atoms with Crippen LogP contribution in [-0.4, -0.2) is 23.5 Å². The summed E-state index contributed by atoms with van der Waals surface area (Å²) in [5.74, 6) is -1.06. The number of benzene rings is 2. The van der Waals surface area contributed by atoms with Crippen LogP contribution in [0.4, 0.5) is 10.8 Å². The molecule has 0 radical (unpaired) electrons. The highest BCUT2D eigenvalue weighted by atomic mass is 79.9. The molecule has 0 bridgehead atoms. The number of carbonyl (C=O) groups is 2. The third kappa shape index (κ3) is 3.55. The number of ether oxygens (including phenoxy) is 1. The van der Waals surface area contributed by atoms with Crippen molar-refractivity contribution in [2.45, 2.75) is 0 Å². The number of nitrogens with zero attached hydrogens (tertiary/aromatic N) is 1. The van der Waals surface area contributed by atoms with E-state index in [1.54, 1.807) is 24.4 Å². The largest absolute Gasteiger partial charge is 0.452 e. The smallest absolute Gasteiger partial charge is 0.339 e. The number of thiazole rings is 1. The van der Waals surface area contributed by atoms with Crippen LogP contribution in [0, 0.1) is 0 Å². The number of rotatable bonds is 4. The summed E-state index contributed by atoms with van der Waals surface area (Å²) in [6.45, 7) is -0.404. The van der Waals surface area contributed by atoms with E-state index in [-0.39, 0.29) is 0 Å². The average Bonchev–Trinajstić information content (AvgIpc) is 2.97. The number of hydrogen-bond donors (Lipinski definition) is 2. The lowest BCUT2D eigenvalue weighted by atomic mass is 10.0. The topological polar surface area (TPSA) is 94.3 Å². The van der Waals surface area contributed by atoms with E-state index in [1.165, 1.54) is 11.3 Å². The molecule has 0 aliphatic carbocycles. The van der Waals surface area contributed by atoms with E-state index in [4.69, 9.17) is 10.5 Å². The molecule has 3 aromatic rings. The zero-order valence-electron chi connectivity index (χ0n) is 12.3. The minimum absolute atomic E-state index is 0.329. The summed E-state index contributed by atoms with van der Waals surface area (Å²) in [6.07, 6.45) is 1.57. The second-order valence-electron chi connectivity index (χ2n) is 4.84. The predicted molar refractivity (Wildman–Crippen MR) is 97.1 cm³/mol. The Balaban J connectivity index is 1.70. The summed E-state index contributed by atoms with van der Waals surface area (Å²) in [7, 11) is 0. The van der Waals surface area contributed by atoms with Gasteiger partial charge in [-0.15, -0.1) is 0 Å². The van der Waals surface area contributed by atoms with Gasteiger partial charge in [-0.2, -0.15) is 0 Å². The number of amides is 1. The number of aromatic nitrogens is 1. The second kappa shape index (κ2) is 6.98. The number of halogens is 1. The van der Waals surface area contributed by atoms with Gasteiger partial charge in [0.25, 0.3) is 5.91 Å². The van der Waals surface area contributed by atoms with Crippen LogP contribution in [0.2, 0.25) is 0 Å². The van der Waals surface area contributed by atoms with Crippen molar-refractivity contribution in [2.24, 2.45) is 0 Å². The van der Waals surface area contributed by atoms with Crippen molar-refractivity contribution in [3.63, 3.8) is 0 Å². The van der Waals surface area contributed by atoms with Crippen LogP contribution in [0.3, 0.4) is 0 Å². The molecule has 0 saturated heterocycles. The minimum atomic E-state index is -0.603. The van der Waals surface area contributed by atoms with Crippen molar-refractivity contribution >= 4 is 60.7 Å². The normalized spacial score (nSPS) is 10.5. The zero-order valence-corrected chi connectivity index (χ0v) is 14.7. The zero-order chi connectivity index (χ0) is 17.1. The molecule has 1 aromatic heterocycles. The van der Waals surface area contributed by atoms with Crippen LogP contribution in [0.15, 0.2) is 46.4 Å². The Hall–Kier alpha value is -2.45. The van der Waals surface area contributed by atoms with E-state index in [0.717, 1.165) is 9.17 Å². The van der Waals surface area contributed by atoms with Crippen molar-refractivity contribution in [3.05, 3.63) is 51.9 Å². The Bertz CT molecular complexity index is 921. The molecule has 0 saturated carbocycles. The Morgan fingerprint density at radius 2 is 2.00 bits per heavy atom. The third-order valence-corrected chi connectivity index (χ3v) is 4.61. The highest BCUT2D eigenvalue weighted by molar-refractivity contribution is 9.11. The van der Waals surface area contributed by atoms with Crippen molar-refractivity contribution in [1.29, 1.82) is 0 Å². The molecule has 3 rings (SSSR count). The van der Waals surface area contributed by atoms with E-state index in [1.807, 2.05) is 18.2 Å². The number of nitrogens with one attached hydrogen (secondary N) is 1. The summed E-state index contributed by atoms with van der Waals surface area (Å²) < 4.78 is 5.88. The summed E-state index contributed by atoms with van der Waals surface area (Å²) in [4.78, 5) is 28.1. The molecule has 0 aliphatic heterocycles. The summed E-state index contributed by atoms with van der Waals surface area (Å²) in [5, 5.41) is 4.44. The molecule has 3 N–H and O–H groups in total. The van der Waals surface area contributed by atoms with Gasteiger partial charge in [-0.1, -0.05) is 35.6 Å². The predicted octanol–water partition coefficient (Wildman–Crippen LogP) is 3.44. The maximum Gasteiger partial charge on any atom is 0.339 e. The Morgan fingerprint density at radius 1 is 1.25 bits per heavy atom. The number of nitrogens with two attached hydrogens (primary N) is 1. The third-order valence-electron chi connectivity index (χ3n) is 3.22. The van der Waals surface area contributed by atoms with Crippen molar-refractivity contribution < 1.29 is 14.3 Å². The van der Waals surface area contributed by atoms with Gasteiger partial charge in [-0.05, 0) is 33.4 Å². The van der Waals surface area contributed by atoms with Crippen LogP contribution in [0.1, 0.15) is 10.4 Å². The molecule has 1 amide bonds. The summed E-state index contributed by atoms with van der Waals surface area (Å²) >= 11 is 4.52. The molecule has 0 unspecified atom stereocenters. The van der Waals surface area contributed by atoms with Gasteiger partial charge in [-0.25, -0.2) is 9.78 Å². The lowest BCUT2D eigenvalue weighted by molar-refractivity contribution is -0.119. The van der Waals surface area contributed by atoms with Gasteiger partial charge >= 0.3 is 5.97 Å². The molecular weight excluding hydrogens is 394 g/mol. The SMILES string of the molecule is Nc1cccc2cccc(C(=O)OCC(=O)Nc3ncc(Br)s3)c12. The molecule has 6 nitrogen and oxygen atoms in total. The monoisotopic (exact) mass is 405 g/mol. The first-order valence-corrected chi connectivity index (χ1v) is 8.51. The highest BCUT2D eigenvalue weighted by Gasteiger charge is 2.15. The number of anilines is 2. The Morgan fingerprint density at radius 3 is 2.71 bits per heavy atom. The molecule has 1 heterocycles. The maximum atomic E-state index is 12.3. The maximum absolute atomic E-state index is 12.3. The standard InChI is InChI=1S/C16H12BrN3O3S/c17-12-7-19-16(24-12)20-13(21)8-23-15(22)10-5-1-3-9-4-2-6-11(18)14(9)10/h1-7H,8,18H2,(H,19,20,21). The van der Waals surface area contributed by atoms with Crippen LogP contribution in [0.5, 0.6) is 0 Å². The van der Waals surface area contributed by atoms with E-state index < -0.39 is 18.5 Å². The van der Waals surface area contributed by atoms with E-state index >= 15 is 0 Å². The molecule has 0 fully saturated rings. The molecule has 122 valence electrons. The lowest BCUT2D eigenvalue weighted by Gasteiger charge is -2.09. The molecule has 24 heavy (non-hydrogen) atoms. The van der Waals surface area contributed by atoms with Gasteiger partial charge in [0.2, 0.25) is 0 Å². The fraction of sp³-hybridized carbons (Fsp3) is 0.0625. The van der Waals surface area contributed by atoms with Crippen molar-refractivity contribution in [1.82, 2.24) is 4.98 Å². The van der Waals surface area contributed by atoms with Crippen molar-refractivity contribution in [3.8, 4) is 0 Å². The average molecular weight is 406 g/mol. The van der Waals surface area contributed by atoms with E-state index in [0.29, 0.717) is 21.8 Å². The van der Waals surface area contributed by atoms with Crippen LogP contribution < -0.4 is 11.1 Å². The van der Waals surface area contributed by atoms with Gasteiger partial charge in [0.15, 0.2) is 11.7 Å². The number of carbonyl (C=O) groups excluding carboxylic acids is 2. The van der Waals surface area contributed by atoms with Gasteiger partial charge in [-0.3, -0.25) is 10.1 Å². The number of fused-ring (bicyclic) bond motifs is 1. The van der Waals surface area contributed by atoms with Crippen molar-refractivity contribution in [2.75, 3.05) is 17.7 Å². The molecular formula is C16H12BrN3O3S.